The van der Waals surface area contributed by atoms with Gasteiger partial charge in [0, 0.05) is 11.4 Å². The number of pyridine rings is 1. The maximum absolute atomic E-state index is 10.9. The zero-order valence-corrected chi connectivity index (χ0v) is 13.5. The maximum Gasteiger partial charge on any atom is 0.335 e. The molecule has 2 aromatic carbocycles. The van der Waals surface area contributed by atoms with Crippen molar-refractivity contribution in [3.63, 3.8) is 0 Å². The largest absolute Gasteiger partial charge is 0.478 e. The molecule has 1 heterocycles. The number of anilines is 4. The van der Waals surface area contributed by atoms with Crippen molar-refractivity contribution >= 4 is 34.9 Å². The van der Waals surface area contributed by atoms with Crippen LogP contribution in [0.15, 0.2) is 66.7 Å². The first-order valence-corrected chi connectivity index (χ1v) is 7.69. The van der Waals surface area contributed by atoms with Gasteiger partial charge in [-0.15, -0.1) is 0 Å². The fourth-order valence-electron chi connectivity index (χ4n) is 2.26. The summed E-state index contributed by atoms with van der Waals surface area (Å²) >= 11 is 0. The highest BCUT2D eigenvalue weighted by molar-refractivity contribution is 5.88. The third-order valence-electron chi connectivity index (χ3n) is 3.56. The number of nitrogens with zero attached hydrogens (tertiary/aromatic N) is 1. The van der Waals surface area contributed by atoms with Gasteiger partial charge in [0.25, 0.3) is 0 Å². The number of carboxylic acid groups (broad SMARTS) is 2. The van der Waals surface area contributed by atoms with Gasteiger partial charge in [-0.05, 0) is 60.7 Å². The Morgan fingerprint density at radius 3 is 1.38 bits per heavy atom. The molecule has 0 aliphatic rings. The summed E-state index contributed by atoms with van der Waals surface area (Å²) in [5.74, 6) is -0.787. The summed E-state index contributed by atoms with van der Waals surface area (Å²) < 4.78 is 0. The molecule has 7 nitrogen and oxygen atoms in total. The molecule has 0 amide bonds. The molecule has 3 rings (SSSR count). The normalized spacial score (nSPS) is 10.2. The average molecular weight is 349 g/mol. The van der Waals surface area contributed by atoms with Gasteiger partial charge in [-0.1, -0.05) is 6.07 Å². The number of carboxylic acids is 2. The summed E-state index contributed by atoms with van der Waals surface area (Å²) in [6.07, 6.45) is 0. The topological polar surface area (TPSA) is 112 Å². The maximum atomic E-state index is 10.9. The Morgan fingerprint density at radius 1 is 0.654 bits per heavy atom. The van der Waals surface area contributed by atoms with Gasteiger partial charge >= 0.3 is 11.9 Å². The summed E-state index contributed by atoms with van der Waals surface area (Å²) in [5.41, 5.74) is 1.85. The first kappa shape index (κ1) is 17.0. The number of benzene rings is 2. The van der Waals surface area contributed by atoms with Gasteiger partial charge in [-0.3, -0.25) is 0 Å². The number of nitrogens with one attached hydrogen (secondary N) is 2. The molecule has 0 spiro atoms. The molecule has 1 aromatic heterocycles. The van der Waals surface area contributed by atoms with Crippen molar-refractivity contribution in [2.75, 3.05) is 10.6 Å². The van der Waals surface area contributed by atoms with Crippen molar-refractivity contribution in [1.82, 2.24) is 4.98 Å². The van der Waals surface area contributed by atoms with E-state index in [0.717, 1.165) is 0 Å². The Morgan fingerprint density at radius 2 is 1.04 bits per heavy atom. The van der Waals surface area contributed by atoms with E-state index in [9.17, 15) is 9.59 Å². The molecule has 0 saturated carbocycles. The van der Waals surface area contributed by atoms with Gasteiger partial charge in [-0.2, -0.15) is 0 Å². The van der Waals surface area contributed by atoms with Crippen LogP contribution in [0.5, 0.6) is 0 Å². The molecular formula is C19H15N3O4. The van der Waals surface area contributed by atoms with Gasteiger partial charge in [0.1, 0.15) is 11.6 Å². The van der Waals surface area contributed by atoms with Crippen molar-refractivity contribution < 1.29 is 19.8 Å². The summed E-state index contributed by atoms with van der Waals surface area (Å²) in [5, 5.41) is 24.0. The number of aromatic carboxylic acids is 2. The van der Waals surface area contributed by atoms with Crippen LogP contribution in [-0.2, 0) is 0 Å². The van der Waals surface area contributed by atoms with Crippen molar-refractivity contribution in [1.29, 1.82) is 0 Å². The molecule has 4 N–H and O–H groups in total. The zero-order valence-electron chi connectivity index (χ0n) is 13.5. The molecule has 0 saturated heterocycles. The van der Waals surface area contributed by atoms with Gasteiger partial charge in [0.05, 0.1) is 11.1 Å². The molecule has 0 atom stereocenters. The van der Waals surface area contributed by atoms with E-state index < -0.39 is 11.9 Å². The minimum atomic E-state index is -0.977. The SMILES string of the molecule is O=C(O)c1ccc(Nc2cccc(Nc3ccc(C(=O)O)cc3)n2)cc1. The highest BCUT2D eigenvalue weighted by atomic mass is 16.4. The predicted octanol–water partition coefficient (Wildman–Crippen LogP) is 3.97. The number of hydrogen-bond acceptors (Lipinski definition) is 5. The predicted molar refractivity (Wildman–Crippen MR) is 97.6 cm³/mol. The Kier molecular flexibility index (Phi) is 4.80. The van der Waals surface area contributed by atoms with Crippen LogP contribution in [0.1, 0.15) is 20.7 Å². The second-order valence-corrected chi connectivity index (χ2v) is 5.42. The molecule has 0 radical (unpaired) electrons. The van der Waals surface area contributed by atoms with Gasteiger partial charge in [0.15, 0.2) is 0 Å². The molecule has 130 valence electrons. The van der Waals surface area contributed by atoms with Crippen LogP contribution < -0.4 is 10.6 Å². The molecule has 0 aliphatic carbocycles. The Balaban J connectivity index is 1.71. The standard InChI is InChI=1S/C19H15N3O4/c23-18(24)12-4-8-14(9-5-12)20-16-2-1-3-17(22-16)21-15-10-6-13(7-11-15)19(25)26/h1-11H,(H,23,24)(H,25,26)(H2,20,21,22). The van der Waals surface area contributed by atoms with Crippen LogP contribution in [0.3, 0.4) is 0 Å². The summed E-state index contributed by atoms with van der Waals surface area (Å²) in [6.45, 7) is 0. The molecule has 0 fully saturated rings. The second-order valence-electron chi connectivity index (χ2n) is 5.42. The van der Waals surface area contributed by atoms with Crippen LogP contribution in [0.2, 0.25) is 0 Å². The van der Waals surface area contributed by atoms with E-state index in [0.29, 0.717) is 23.0 Å². The fourth-order valence-corrected chi connectivity index (χ4v) is 2.26. The summed E-state index contributed by atoms with van der Waals surface area (Å²) in [7, 11) is 0. The average Bonchev–Trinajstić information content (AvgIpc) is 2.63. The number of aromatic nitrogens is 1. The van der Waals surface area contributed by atoms with E-state index in [4.69, 9.17) is 10.2 Å². The smallest absolute Gasteiger partial charge is 0.335 e. The Bertz CT molecular complexity index is 863. The lowest BCUT2D eigenvalue weighted by Crippen LogP contribution is -2.00. The lowest BCUT2D eigenvalue weighted by molar-refractivity contribution is 0.0686. The second kappa shape index (κ2) is 7.35. The van der Waals surface area contributed by atoms with Gasteiger partial charge < -0.3 is 20.8 Å². The van der Waals surface area contributed by atoms with Crippen LogP contribution in [0, 0.1) is 0 Å². The molecule has 0 bridgehead atoms. The highest BCUT2D eigenvalue weighted by Gasteiger charge is 2.04. The molecule has 26 heavy (non-hydrogen) atoms. The van der Waals surface area contributed by atoms with E-state index in [2.05, 4.69) is 15.6 Å². The quantitative estimate of drug-likeness (QED) is 0.533. The van der Waals surface area contributed by atoms with Crippen LogP contribution in [-0.4, -0.2) is 27.1 Å². The zero-order chi connectivity index (χ0) is 18.5. The summed E-state index contributed by atoms with van der Waals surface area (Å²) in [4.78, 5) is 26.2. The first-order chi connectivity index (χ1) is 12.5. The highest BCUT2D eigenvalue weighted by Crippen LogP contribution is 2.20. The first-order valence-electron chi connectivity index (χ1n) is 7.69. The minimum absolute atomic E-state index is 0.212. The Hall–Kier alpha value is -3.87. The van der Waals surface area contributed by atoms with Crippen molar-refractivity contribution in [3.8, 4) is 0 Å². The fraction of sp³-hybridized carbons (Fsp3) is 0. The third kappa shape index (κ3) is 4.15. The van der Waals surface area contributed by atoms with E-state index in [1.165, 1.54) is 24.3 Å². The molecular weight excluding hydrogens is 334 g/mol. The summed E-state index contributed by atoms with van der Waals surface area (Å²) in [6, 6.07) is 18.1. The third-order valence-corrected chi connectivity index (χ3v) is 3.56. The van der Waals surface area contributed by atoms with Gasteiger partial charge in [0.2, 0.25) is 0 Å². The van der Waals surface area contributed by atoms with Crippen LogP contribution in [0.4, 0.5) is 23.0 Å². The van der Waals surface area contributed by atoms with Crippen molar-refractivity contribution in [2.45, 2.75) is 0 Å². The minimum Gasteiger partial charge on any atom is -0.478 e. The van der Waals surface area contributed by atoms with E-state index in [1.807, 2.05) is 6.07 Å². The van der Waals surface area contributed by atoms with E-state index in [1.54, 1.807) is 36.4 Å². The van der Waals surface area contributed by atoms with Crippen molar-refractivity contribution in [2.24, 2.45) is 0 Å². The van der Waals surface area contributed by atoms with Gasteiger partial charge in [-0.25, -0.2) is 14.6 Å². The van der Waals surface area contributed by atoms with Crippen molar-refractivity contribution in [3.05, 3.63) is 77.9 Å². The van der Waals surface area contributed by atoms with E-state index in [-0.39, 0.29) is 11.1 Å². The molecule has 0 unspecified atom stereocenters. The Labute approximate surface area is 149 Å². The number of hydrogen-bond donors (Lipinski definition) is 4. The van der Waals surface area contributed by atoms with Crippen LogP contribution in [0.25, 0.3) is 0 Å². The van der Waals surface area contributed by atoms with E-state index >= 15 is 0 Å². The van der Waals surface area contributed by atoms with Crippen LogP contribution >= 0.6 is 0 Å². The molecule has 3 aromatic rings. The number of carbonyl (C=O) groups is 2. The molecule has 7 heteroatoms. The lowest BCUT2D eigenvalue weighted by atomic mass is 10.2. The molecule has 0 aliphatic heterocycles. The number of rotatable bonds is 6. The lowest BCUT2D eigenvalue weighted by Gasteiger charge is -2.10. The monoisotopic (exact) mass is 349 g/mol.